The third-order valence-electron chi connectivity index (χ3n) is 5.44. The molecule has 1 aliphatic heterocycles. The van der Waals surface area contributed by atoms with Gasteiger partial charge in [0.25, 0.3) is 0 Å². The van der Waals surface area contributed by atoms with E-state index < -0.39 is 17.2 Å². The van der Waals surface area contributed by atoms with Crippen molar-refractivity contribution >= 4 is 29.2 Å². The molecular weight excluding hydrogens is 373 g/mol. The average Bonchev–Trinajstić information content (AvgIpc) is 2.91. The molecule has 5 nitrogen and oxygen atoms in total. The summed E-state index contributed by atoms with van der Waals surface area (Å²) in [6, 6.07) is 8.97. The zero-order valence-corrected chi connectivity index (χ0v) is 15.1. The Hall–Kier alpha value is -2.60. The summed E-state index contributed by atoms with van der Waals surface area (Å²) in [5, 5.41) is 12.1. The second kappa shape index (κ2) is 6.53. The van der Waals surface area contributed by atoms with Crippen molar-refractivity contribution in [1.82, 2.24) is 0 Å². The summed E-state index contributed by atoms with van der Waals surface area (Å²) in [7, 11) is 0. The van der Waals surface area contributed by atoms with Gasteiger partial charge in [-0.05, 0) is 61.6 Å². The van der Waals surface area contributed by atoms with Crippen molar-refractivity contribution in [2.45, 2.75) is 37.2 Å². The number of nitrogens with one attached hydrogen (secondary N) is 1. The molecule has 1 heterocycles. The Morgan fingerprint density at radius 3 is 2.63 bits per heavy atom. The maximum absolute atomic E-state index is 13.3. The van der Waals surface area contributed by atoms with Gasteiger partial charge >= 0.3 is 5.97 Å². The quantitative estimate of drug-likeness (QED) is 0.816. The molecule has 1 saturated carbocycles. The van der Waals surface area contributed by atoms with Gasteiger partial charge in [-0.15, -0.1) is 0 Å². The van der Waals surface area contributed by atoms with Crippen molar-refractivity contribution < 1.29 is 23.8 Å². The highest BCUT2D eigenvalue weighted by atomic mass is 35.5. The molecule has 2 aliphatic rings. The summed E-state index contributed by atoms with van der Waals surface area (Å²) in [4.78, 5) is 24.0. The van der Waals surface area contributed by atoms with Crippen LogP contribution in [0, 0.1) is 5.82 Å². The molecule has 2 aromatic carbocycles. The molecule has 2 aromatic rings. The first-order chi connectivity index (χ1) is 12.9. The van der Waals surface area contributed by atoms with E-state index in [2.05, 4.69) is 5.32 Å². The van der Waals surface area contributed by atoms with Crippen LogP contribution in [0.25, 0.3) is 0 Å². The fourth-order valence-electron chi connectivity index (χ4n) is 3.99. The van der Waals surface area contributed by atoms with Gasteiger partial charge in [0.05, 0.1) is 22.1 Å². The standard InChI is InChI=1S/C20H17ClFNO4/c21-15-10-13(2-3-16(15)22)27-12-5-7-20(8-6-12)14-9-11(18(24)25)1-4-17(14)23-19(20)26/h1-4,9-10,12H,5-8H2,(H,23,26)(H,24,25). The third-order valence-corrected chi connectivity index (χ3v) is 5.73. The van der Waals surface area contributed by atoms with Crippen LogP contribution in [0.15, 0.2) is 36.4 Å². The summed E-state index contributed by atoms with van der Waals surface area (Å²) in [6.07, 6.45) is 2.23. The normalized spacial score (nSPS) is 23.8. The van der Waals surface area contributed by atoms with Crippen LogP contribution in [0.2, 0.25) is 5.02 Å². The fourth-order valence-corrected chi connectivity index (χ4v) is 4.16. The minimum Gasteiger partial charge on any atom is -0.490 e. The van der Waals surface area contributed by atoms with Crippen LogP contribution in [0.3, 0.4) is 0 Å². The van der Waals surface area contributed by atoms with Crippen LogP contribution in [0.4, 0.5) is 10.1 Å². The van der Waals surface area contributed by atoms with Gasteiger partial charge in [-0.3, -0.25) is 4.79 Å². The van der Waals surface area contributed by atoms with Gasteiger partial charge in [0, 0.05) is 11.8 Å². The first-order valence-electron chi connectivity index (χ1n) is 8.70. The summed E-state index contributed by atoms with van der Waals surface area (Å²) in [5.41, 5.74) is 0.871. The molecule has 1 spiro atoms. The van der Waals surface area contributed by atoms with E-state index in [1.54, 1.807) is 12.1 Å². The molecule has 7 heteroatoms. The van der Waals surface area contributed by atoms with E-state index in [4.69, 9.17) is 16.3 Å². The van der Waals surface area contributed by atoms with E-state index in [9.17, 15) is 19.1 Å². The average molecular weight is 390 g/mol. The molecule has 0 saturated heterocycles. The minimum atomic E-state index is -1.02. The molecule has 0 radical (unpaired) electrons. The van der Waals surface area contributed by atoms with E-state index in [1.807, 2.05) is 0 Å². The molecule has 4 rings (SSSR count). The molecule has 0 aromatic heterocycles. The Morgan fingerprint density at radius 1 is 1.22 bits per heavy atom. The highest BCUT2D eigenvalue weighted by molar-refractivity contribution is 6.30. The molecule has 27 heavy (non-hydrogen) atoms. The van der Waals surface area contributed by atoms with Crippen molar-refractivity contribution in [2.24, 2.45) is 0 Å². The van der Waals surface area contributed by atoms with Gasteiger partial charge in [-0.2, -0.15) is 0 Å². The van der Waals surface area contributed by atoms with Gasteiger partial charge in [0.2, 0.25) is 5.91 Å². The number of amides is 1. The third kappa shape index (κ3) is 3.04. The number of hydrogen-bond donors (Lipinski definition) is 2. The highest BCUT2D eigenvalue weighted by Gasteiger charge is 2.49. The lowest BCUT2D eigenvalue weighted by Gasteiger charge is -2.35. The van der Waals surface area contributed by atoms with Crippen LogP contribution in [0.1, 0.15) is 41.6 Å². The van der Waals surface area contributed by atoms with Gasteiger partial charge in [-0.25, -0.2) is 9.18 Å². The van der Waals surface area contributed by atoms with Gasteiger partial charge in [0.15, 0.2) is 0 Å². The van der Waals surface area contributed by atoms with E-state index >= 15 is 0 Å². The van der Waals surface area contributed by atoms with Gasteiger partial charge < -0.3 is 15.2 Å². The number of halogens is 2. The van der Waals surface area contributed by atoms with Crippen LogP contribution in [0.5, 0.6) is 5.75 Å². The Labute approximate surface area is 160 Å². The lowest BCUT2D eigenvalue weighted by Crippen LogP contribution is -2.41. The van der Waals surface area contributed by atoms with Crippen molar-refractivity contribution in [3.05, 3.63) is 58.4 Å². The number of carboxylic acid groups (broad SMARTS) is 1. The molecule has 0 bridgehead atoms. The van der Waals surface area contributed by atoms with E-state index in [0.717, 1.165) is 5.56 Å². The highest BCUT2D eigenvalue weighted by Crippen LogP contribution is 2.48. The van der Waals surface area contributed by atoms with Gasteiger partial charge in [0.1, 0.15) is 11.6 Å². The number of anilines is 1. The SMILES string of the molecule is O=C(O)c1ccc2c(c1)C1(CCC(Oc3ccc(F)c(Cl)c3)CC1)C(=O)N2. The maximum atomic E-state index is 13.3. The molecule has 2 N–H and O–H groups in total. The van der Waals surface area contributed by atoms with E-state index in [1.165, 1.54) is 24.3 Å². The summed E-state index contributed by atoms with van der Waals surface area (Å²) in [6.45, 7) is 0. The number of carboxylic acids is 1. The molecule has 1 fully saturated rings. The minimum absolute atomic E-state index is 0.00470. The van der Waals surface area contributed by atoms with E-state index in [-0.39, 0.29) is 22.6 Å². The molecule has 0 unspecified atom stereocenters. The van der Waals surface area contributed by atoms with Gasteiger partial charge in [-0.1, -0.05) is 11.6 Å². The van der Waals surface area contributed by atoms with Crippen molar-refractivity contribution in [3.8, 4) is 5.75 Å². The smallest absolute Gasteiger partial charge is 0.335 e. The largest absolute Gasteiger partial charge is 0.490 e. The van der Waals surface area contributed by atoms with Crippen LogP contribution in [-0.4, -0.2) is 23.1 Å². The monoisotopic (exact) mass is 389 g/mol. The number of carbonyl (C=O) groups is 2. The number of fused-ring (bicyclic) bond motifs is 2. The predicted octanol–water partition coefficient (Wildman–Crippen LogP) is 4.39. The lowest BCUT2D eigenvalue weighted by atomic mass is 9.69. The Kier molecular flexibility index (Phi) is 4.30. The summed E-state index contributed by atoms with van der Waals surface area (Å²) in [5.74, 6) is -1.12. The summed E-state index contributed by atoms with van der Waals surface area (Å²) >= 11 is 5.79. The topological polar surface area (TPSA) is 75.6 Å². The number of carbonyl (C=O) groups excluding carboxylic acids is 1. The van der Waals surface area contributed by atoms with Crippen LogP contribution >= 0.6 is 11.6 Å². The molecule has 140 valence electrons. The number of benzene rings is 2. The maximum Gasteiger partial charge on any atom is 0.335 e. The zero-order chi connectivity index (χ0) is 19.2. The summed E-state index contributed by atoms with van der Waals surface area (Å²) < 4.78 is 19.2. The Bertz CT molecular complexity index is 938. The Morgan fingerprint density at radius 2 is 1.96 bits per heavy atom. The molecule has 0 atom stereocenters. The first kappa shape index (κ1) is 17.8. The van der Waals surface area contributed by atoms with E-state index in [0.29, 0.717) is 37.1 Å². The molecule has 1 aliphatic carbocycles. The second-order valence-corrected chi connectivity index (χ2v) is 7.40. The van der Waals surface area contributed by atoms with Crippen molar-refractivity contribution in [2.75, 3.05) is 5.32 Å². The number of hydrogen-bond acceptors (Lipinski definition) is 3. The number of rotatable bonds is 3. The zero-order valence-electron chi connectivity index (χ0n) is 14.3. The molecular formula is C20H17ClFNO4. The molecule has 1 amide bonds. The predicted molar refractivity (Wildman–Crippen MR) is 98.0 cm³/mol. The van der Waals surface area contributed by atoms with Crippen LogP contribution < -0.4 is 10.1 Å². The number of aromatic carboxylic acids is 1. The Balaban J connectivity index is 1.53. The lowest BCUT2D eigenvalue weighted by molar-refractivity contribution is -0.122. The second-order valence-electron chi connectivity index (χ2n) is 6.99. The first-order valence-corrected chi connectivity index (χ1v) is 9.08. The van der Waals surface area contributed by atoms with Crippen LogP contribution in [-0.2, 0) is 10.2 Å². The fraction of sp³-hybridized carbons (Fsp3) is 0.300. The van der Waals surface area contributed by atoms with Crippen molar-refractivity contribution in [1.29, 1.82) is 0 Å². The number of ether oxygens (including phenoxy) is 1. The van der Waals surface area contributed by atoms with Crippen molar-refractivity contribution in [3.63, 3.8) is 0 Å².